The molecule has 106 valence electrons. The smallest absolute Gasteiger partial charge is 0.362 e. The fourth-order valence-electron chi connectivity index (χ4n) is 2.73. The van der Waals surface area contributed by atoms with Gasteiger partial charge in [0.25, 0.3) is 0 Å². The highest BCUT2D eigenvalue weighted by atomic mass is 17.2. The van der Waals surface area contributed by atoms with Crippen LogP contribution in [0.3, 0.4) is 0 Å². The molecular formula is C14H14O6. The monoisotopic (exact) mass is 278 g/mol. The van der Waals surface area contributed by atoms with Gasteiger partial charge in [0.1, 0.15) is 12.2 Å². The molecule has 6 heteroatoms. The molecule has 2 aliphatic heterocycles. The number of hydrogen-bond acceptors (Lipinski definition) is 6. The van der Waals surface area contributed by atoms with Crippen molar-refractivity contribution in [2.45, 2.75) is 37.3 Å². The molecule has 6 unspecified atom stereocenters. The van der Waals surface area contributed by atoms with Gasteiger partial charge in [0, 0.05) is 0 Å². The minimum Gasteiger partial charge on any atom is -0.365 e. The molecule has 0 spiro atoms. The van der Waals surface area contributed by atoms with E-state index in [-0.39, 0.29) is 24.4 Å². The fraction of sp³-hybridized carbons (Fsp3) is 0.571. The Labute approximate surface area is 115 Å². The van der Waals surface area contributed by atoms with Crippen LogP contribution >= 0.6 is 0 Å². The Balaban J connectivity index is 1.27. The van der Waals surface area contributed by atoms with Gasteiger partial charge in [0.2, 0.25) is 0 Å². The van der Waals surface area contributed by atoms with E-state index in [0.29, 0.717) is 12.8 Å². The SMILES string of the molecule is O=C(OOC(=O)C1C=CC2OC2C1)C1C=CC2OC2C1. The minimum atomic E-state index is -0.552. The Morgan fingerprint density at radius 1 is 0.800 bits per heavy atom. The molecule has 6 atom stereocenters. The maximum absolute atomic E-state index is 11.8. The number of ether oxygens (including phenoxy) is 2. The van der Waals surface area contributed by atoms with E-state index in [1.807, 2.05) is 12.2 Å². The molecule has 0 amide bonds. The third kappa shape index (κ3) is 2.25. The lowest BCUT2D eigenvalue weighted by Gasteiger charge is -2.14. The second-order valence-corrected chi connectivity index (χ2v) is 5.54. The molecule has 0 aromatic carbocycles. The third-order valence-corrected chi connectivity index (χ3v) is 4.09. The van der Waals surface area contributed by atoms with E-state index in [1.165, 1.54) is 0 Å². The van der Waals surface area contributed by atoms with Gasteiger partial charge in [-0.15, -0.1) is 0 Å². The van der Waals surface area contributed by atoms with E-state index in [0.717, 1.165) is 0 Å². The number of rotatable bonds is 2. The van der Waals surface area contributed by atoms with Crippen LogP contribution < -0.4 is 0 Å². The Kier molecular flexibility index (Phi) is 2.68. The Morgan fingerprint density at radius 3 is 1.65 bits per heavy atom. The molecule has 6 nitrogen and oxygen atoms in total. The average molecular weight is 278 g/mol. The largest absolute Gasteiger partial charge is 0.365 e. The zero-order valence-corrected chi connectivity index (χ0v) is 10.6. The summed E-state index contributed by atoms with van der Waals surface area (Å²) < 4.78 is 10.5. The lowest BCUT2D eigenvalue weighted by atomic mass is 9.96. The molecule has 0 aromatic heterocycles. The molecule has 0 bridgehead atoms. The molecule has 20 heavy (non-hydrogen) atoms. The summed E-state index contributed by atoms with van der Waals surface area (Å²) in [5, 5.41) is 0. The van der Waals surface area contributed by atoms with E-state index in [4.69, 9.17) is 9.47 Å². The summed E-state index contributed by atoms with van der Waals surface area (Å²) in [5.74, 6) is -1.90. The summed E-state index contributed by atoms with van der Waals surface area (Å²) in [7, 11) is 0. The van der Waals surface area contributed by atoms with Gasteiger partial charge >= 0.3 is 11.9 Å². The molecule has 2 heterocycles. The highest BCUT2D eigenvalue weighted by molar-refractivity contribution is 5.78. The van der Waals surface area contributed by atoms with Gasteiger partial charge in [-0.3, -0.25) is 0 Å². The summed E-state index contributed by atoms with van der Waals surface area (Å²) in [6.07, 6.45) is 8.86. The van der Waals surface area contributed by atoms with Crippen molar-refractivity contribution in [3.05, 3.63) is 24.3 Å². The molecule has 0 aromatic rings. The van der Waals surface area contributed by atoms with E-state index < -0.39 is 23.8 Å². The Hall–Kier alpha value is -1.66. The quantitative estimate of drug-likeness (QED) is 0.320. The van der Waals surface area contributed by atoms with Crippen molar-refractivity contribution in [2.75, 3.05) is 0 Å². The first-order valence-electron chi connectivity index (χ1n) is 6.80. The van der Waals surface area contributed by atoms with Crippen molar-refractivity contribution in [3.8, 4) is 0 Å². The second-order valence-electron chi connectivity index (χ2n) is 5.54. The van der Waals surface area contributed by atoms with Crippen molar-refractivity contribution in [3.63, 3.8) is 0 Å². The second kappa shape index (κ2) is 4.43. The molecule has 0 radical (unpaired) electrons. The van der Waals surface area contributed by atoms with Crippen LogP contribution in [0, 0.1) is 11.8 Å². The van der Waals surface area contributed by atoms with Crippen LogP contribution in [-0.4, -0.2) is 36.4 Å². The van der Waals surface area contributed by atoms with Crippen LogP contribution in [0.5, 0.6) is 0 Å². The maximum atomic E-state index is 11.8. The zero-order valence-electron chi connectivity index (χ0n) is 10.6. The molecule has 4 rings (SSSR count). The van der Waals surface area contributed by atoms with Crippen molar-refractivity contribution in [2.24, 2.45) is 11.8 Å². The van der Waals surface area contributed by atoms with Gasteiger partial charge in [-0.05, 0) is 12.8 Å². The van der Waals surface area contributed by atoms with E-state index in [1.54, 1.807) is 12.2 Å². The number of epoxide rings is 2. The Bertz CT molecular complexity index is 464. The summed E-state index contributed by atoms with van der Waals surface area (Å²) in [4.78, 5) is 32.8. The average Bonchev–Trinajstić information content (AvgIpc) is 3.36. The standard InChI is InChI=1S/C14H14O6/c15-13(7-1-3-9-11(5-7)17-9)19-20-14(16)8-2-4-10-12(6-8)18-10/h1-4,7-12H,5-6H2. The predicted molar refractivity (Wildman–Crippen MR) is 64.0 cm³/mol. The first kappa shape index (κ1) is 12.1. The summed E-state index contributed by atoms with van der Waals surface area (Å²) >= 11 is 0. The molecular weight excluding hydrogens is 264 g/mol. The topological polar surface area (TPSA) is 77.7 Å². The lowest BCUT2D eigenvalue weighted by Crippen LogP contribution is -2.25. The van der Waals surface area contributed by atoms with Crippen molar-refractivity contribution < 1.29 is 28.8 Å². The number of fused-ring (bicyclic) bond motifs is 2. The van der Waals surface area contributed by atoms with Gasteiger partial charge in [0.05, 0.1) is 24.0 Å². The van der Waals surface area contributed by atoms with Crippen LogP contribution in [0.25, 0.3) is 0 Å². The fourth-order valence-corrected chi connectivity index (χ4v) is 2.73. The van der Waals surface area contributed by atoms with Crippen LogP contribution in [0.1, 0.15) is 12.8 Å². The van der Waals surface area contributed by atoms with Gasteiger partial charge in [-0.1, -0.05) is 24.3 Å². The minimum absolute atomic E-state index is 0.110. The number of hydrogen-bond donors (Lipinski definition) is 0. The van der Waals surface area contributed by atoms with Crippen LogP contribution in [0.4, 0.5) is 0 Å². The highest BCUT2D eigenvalue weighted by Gasteiger charge is 2.45. The van der Waals surface area contributed by atoms with Gasteiger partial charge < -0.3 is 9.47 Å². The van der Waals surface area contributed by atoms with E-state index in [9.17, 15) is 9.59 Å². The third-order valence-electron chi connectivity index (χ3n) is 4.09. The summed E-state index contributed by atoms with van der Waals surface area (Å²) in [5.41, 5.74) is 0. The maximum Gasteiger partial charge on any atom is 0.362 e. The van der Waals surface area contributed by atoms with E-state index >= 15 is 0 Å². The molecule has 2 saturated heterocycles. The normalized spacial score (nSPS) is 43.2. The molecule has 4 aliphatic rings. The van der Waals surface area contributed by atoms with Gasteiger partial charge in [0.15, 0.2) is 0 Å². The Morgan fingerprint density at radius 2 is 1.25 bits per heavy atom. The molecule has 2 fully saturated rings. The molecule has 0 saturated carbocycles. The predicted octanol–water partition coefficient (Wildman–Crippen LogP) is 0.675. The van der Waals surface area contributed by atoms with Gasteiger partial charge in [-0.2, -0.15) is 0 Å². The van der Waals surface area contributed by atoms with Crippen molar-refractivity contribution in [1.29, 1.82) is 0 Å². The van der Waals surface area contributed by atoms with Crippen LogP contribution in [-0.2, 0) is 28.8 Å². The van der Waals surface area contributed by atoms with Crippen molar-refractivity contribution >= 4 is 11.9 Å². The van der Waals surface area contributed by atoms with Crippen LogP contribution in [0.2, 0.25) is 0 Å². The van der Waals surface area contributed by atoms with Gasteiger partial charge in [-0.25, -0.2) is 19.4 Å². The lowest BCUT2D eigenvalue weighted by molar-refractivity contribution is -0.263. The number of carbonyl (C=O) groups excluding carboxylic acids is 2. The van der Waals surface area contributed by atoms with E-state index in [2.05, 4.69) is 9.78 Å². The summed E-state index contributed by atoms with van der Waals surface area (Å²) in [6.45, 7) is 0. The van der Waals surface area contributed by atoms with Crippen molar-refractivity contribution in [1.82, 2.24) is 0 Å². The summed E-state index contributed by atoms with van der Waals surface area (Å²) in [6, 6.07) is 0. The number of carbonyl (C=O) groups is 2. The molecule has 2 aliphatic carbocycles. The van der Waals surface area contributed by atoms with Crippen LogP contribution in [0.15, 0.2) is 24.3 Å². The first-order valence-corrected chi connectivity index (χ1v) is 6.80. The highest BCUT2D eigenvalue weighted by Crippen LogP contribution is 2.36. The first-order chi connectivity index (χ1) is 9.70. The molecule has 0 N–H and O–H groups in total. The zero-order chi connectivity index (χ0) is 13.7.